The third kappa shape index (κ3) is 9.85. The molecular formula is C15H26O8. The highest BCUT2D eigenvalue weighted by Crippen LogP contribution is 2.18. The van der Waals surface area contributed by atoms with E-state index >= 15 is 0 Å². The Morgan fingerprint density at radius 3 is 2.09 bits per heavy atom. The maximum Gasteiger partial charge on any atom is 0.345 e. The molecule has 0 saturated heterocycles. The summed E-state index contributed by atoms with van der Waals surface area (Å²) >= 11 is 0. The molecule has 2 N–H and O–H groups in total. The van der Waals surface area contributed by atoms with Crippen molar-refractivity contribution in [3.05, 3.63) is 0 Å². The van der Waals surface area contributed by atoms with Crippen LogP contribution in [0.25, 0.3) is 0 Å². The number of carboxylic acid groups (broad SMARTS) is 1. The summed E-state index contributed by atoms with van der Waals surface area (Å²) in [4.78, 5) is 42.1. The van der Waals surface area contributed by atoms with E-state index in [2.05, 4.69) is 16.7 Å². The van der Waals surface area contributed by atoms with Crippen LogP contribution in [0.1, 0.15) is 58.3 Å². The van der Waals surface area contributed by atoms with Crippen LogP contribution in [0, 0.1) is 0 Å². The van der Waals surface area contributed by atoms with E-state index in [9.17, 15) is 19.5 Å². The maximum atomic E-state index is 11.6. The van der Waals surface area contributed by atoms with Crippen LogP contribution >= 0.6 is 0 Å². The van der Waals surface area contributed by atoms with E-state index in [4.69, 9.17) is 9.84 Å². The van der Waals surface area contributed by atoms with Crippen LogP contribution in [0.4, 0.5) is 0 Å². The van der Waals surface area contributed by atoms with E-state index in [1.165, 1.54) is 6.42 Å². The number of aliphatic carboxylic acids is 1. The molecule has 8 nitrogen and oxygen atoms in total. The van der Waals surface area contributed by atoms with Crippen LogP contribution in [-0.4, -0.2) is 47.4 Å². The van der Waals surface area contributed by atoms with Gasteiger partial charge in [0.1, 0.15) is 0 Å². The second kappa shape index (κ2) is 11.8. The first-order valence-corrected chi connectivity index (χ1v) is 7.70. The molecule has 0 rings (SSSR count). The summed E-state index contributed by atoms with van der Waals surface area (Å²) in [5.74, 6) is -3.68. The molecule has 0 aliphatic heterocycles. The highest BCUT2D eigenvalue weighted by Gasteiger charge is 2.42. The highest BCUT2D eigenvalue weighted by atomic mass is 17.2. The number of carbonyl (C=O) groups excluding carboxylic acids is 2. The molecule has 0 aromatic rings. The first kappa shape index (κ1) is 21.3. The Balaban J connectivity index is 4.15. The van der Waals surface area contributed by atoms with Crippen molar-refractivity contribution in [3.8, 4) is 0 Å². The SMILES string of the molecule is CCCCCCCCOC(=O)CC(O)(CC(=O)OOC)C(=O)O. The number of carbonyl (C=O) groups is 3. The number of unbranched alkanes of at least 4 members (excludes halogenated alkanes) is 5. The van der Waals surface area contributed by atoms with E-state index in [0.29, 0.717) is 6.42 Å². The number of ether oxygens (including phenoxy) is 1. The van der Waals surface area contributed by atoms with Gasteiger partial charge in [0.15, 0.2) is 5.60 Å². The van der Waals surface area contributed by atoms with Gasteiger partial charge in [-0.25, -0.2) is 9.59 Å². The van der Waals surface area contributed by atoms with Crippen molar-refractivity contribution in [3.63, 3.8) is 0 Å². The molecule has 0 bridgehead atoms. The summed E-state index contributed by atoms with van der Waals surface area (Å²) < 4.78 is 4.89. The van der Waals surface area contributed by atoms with E-state index in [-0.39, 0.29) is 6.61 Å². The smallest absolute Gasteiger partial charge is 0.345 e. The van der Waals surface area contributed by atoms with Crippen LogP contribution in [-0.2, 0) is 28.9 Å². The molecule has 0 radical (unpaired) electrons. The Morgan fingerprint density at radius 2 is 1.52 bits per heavy atom. The number of esters is 1. The number of rotatable bonds is 13. The largest absolute Gasteiger partial charge is 0.479 e. The molecule has 0 aromatic heterocycles. The Hall–Kier alpha value is -1.67. The summed E-state index contributed by atoms with van der Waals surface area (Å²) in [5, 5.41) is 18.9. The van der Waals surface area contributed by atoms with Gasteiger partial charge in [-0.2, -0.15) is 4.89 Å². The quantitative estimate of drug-likeness (QED) is 0.225. The van der Waals surface area contributed by atoms with Crippen molar-refractivity contribution in [1.29, 1.82) is 0 Å². The molecule has 0 spiro atoms. The van der Waals surface area contributed by atoms with E-state index in [0.717, 1.165) is 32.8 Å². The molecule has 0 heterocycles. The monoisotopic (exact) mass is 334 g/mol. The lowest BCUT2D eigenvalue weighted by atomic mass is 9.96. The Bertz CT molecular complexity index is 382. The molecule has 0 saturated carbocycles. The molecule has 8 heteroatoms. The minimum absolute atomic E-state index is 0.156. The van der Waals surface area contributed by atoms with Gasteiger partial charge in [-0.1, -0.05) is 39.0 Å². The number of hydrogen-bond donors (Lipinski definition) is 2. The fraction of sp³-hybridized carbons (Fsp3) is 0.800. The maximum absolute atomic E-state index is 11.6. The lowest BCUT2D eigenvalue weighted by Crippen LogP contribution is -2.43. The lowest BCUT2D eigenvalue weighted by molar-refractivity contribution is -0.258. The minimum Gasteiger partial charge on any atom is -0.479 e. The summed E-state index contributed by atoms with van der Waals surface area (Å²) in [7, 11) is 1.06. The zero-order valence-electron chi connectivity index (χ0n) is 13.7. The molecule has 0 aliphatic rings. The van der Waals surface area contributed by atoms with Crippen molar-refractivity contribution >= 4 is 17.9 Å². The van der Waals surface area contributed by atoms with Crippen LogP contribution in [0.2, 0.25) is 0 Å². The zero-order valence-corrected chi connectivity index (χ0v) is 13.7. The van der Waals surface area contributed by atoms with Crippen LogP contribution in [0.3, 0.4) is 0 Å². The van der Waals surface area contributed by atoms with Crippen LogP contribution < -0.4 is 0 Å². The summed E-state index contributed by atoms with van der Waals surface area (Å²) in [5.41, 5.74) is -2.58. The number of hydrogen-bond acceptors (Lipinski definition) is 7. The molecule has 0 aliphatic carbocycles. The number of carboxylic acids is 1. The molecule has 0 fully saturated rings. The lowest BCUT2D eigenvalue weighted by Gasteiger charge is -2.20. The van der Waals surface area contributed by atoms with E-state index in [1.54, 1.807) is 0 Å². The Labute approximate surface area is 135 Å². The average molecular weight is 334 g/mol. The van der Waals surface area contributed by atoms with Gasteiger partial charge in [-0.05, 0) is 6.42 Å². The van der Waals surface area contributed by atoms with E-state index < -0.39 is 36.4 Å². The Morgan fingerprint density at radius 1 is 0.957 bits per heavy atom. The average Bonchev–Trinajstić information content (AvgIpc) is 2.46. The normalized spacial score (nSPS) is 13.2. The number of aliphatic hydroxyl groups is 1. The topological polar surface area (TPSA) is 119 Å². The fourth-order valence-corrected chi connectivity index (χ4v) is 1.93. The summed E-state index contributed by atoms with van der Waals surface area (Å²) in [6, 6.07) is 0. The highest BCUT2D eigenvalue weighted by molar-refractivity contribution is 5.88. The third-order valence-corrected chi connectivity index (χ3v) is 3.21. The molecule has 134 valence electrons. The van der Waals surface area contributed by atoms with Gasteiger partial charge < -0.3 is 14.9 Å². The third-order valence-electron chi connectivity index (χ3n) is 3.21. The second-order valence-corrected chi connectivity index (χ2v) is 5.30. The molecule has 1 atom stereocenters. The van der Waals surface area contributed by atoms with Crippen molar-refractivity contribution in [1.82, 2.24) is 0 Å². The molecule has 1 unspecified atom stereocenters. The predicted octanol–water partition coefficient (Wildman–Crippen LogP) is 1.59. The zero-order chi connectivity index (χ0) is 17.7. The first-order valence-electron chi connectivity index (χ1n) is 7.70. The minimum atomic E-state index is -2.58. The van der Waals surface area contributed by atoms with Gasteiger partial charge in [0.05, 0.1) is 26.6 Å². The van der Waals surface area contributed by atoms with Crippen molar-refractivity contribution < 1.29 is 39.1 Å². The van der Waals surface area contributed by atoms with Gasteiger partial charge in [0.25, 0.3) is 0 Å². The molecule has 0 aromatic carbocycles. The summed E-state index contributed by atoms with van der Waals surface area (Å²) in [6.45, 7) is 2.27. The fourth-order valence-electron chi connectivity index (χ4n) is 1.93. The molecular weight excluding hydrogens is 308 g/mol. The van der Waals surface area contributed by atoms with Gasteiger partial charge >= 0.3 is 17.9 Å². The Kier molecular flexibility index (Phi) is 11.0. The van der Waals surface area contributed by atoms with Gasteiger partial charge in [-0.3, -0.25) is 9.68 Å². The van der Waals surface area contributed by atoms with Crippen LogP contribution in [0.5, 0.6) is 0 Å². The standard InChI is InChI=1S/C15H26O8/c1-3-4-5-6-7-8-9-22-12(16)10-15(20,14(18)19)11-13(17)23-21-2/h20H,3-11H2,1-2H3,(H,18,19). The van der Waals surface area contributed by atoms with Gasteiger partial charge in [-0.15, -0.1) is 0 Å². The van der Waals surface area contributed by atoms with Crippen molar-refractivity contribution in [2.45, 2.75) is 63.9 Å². The van der Waals surface area contributed by atoms with Gasteiger partial charge in [0.2, 0.25) is 0 Å². The van der Waals surface area contributed by atoms with Crippen molar-refractivity contribution in [2.24, 2.45) is 0 Å². The van der Waals surface area contributed by atoms with Crippen molar-refractivity contribution in [2.75, 3.05) is 13.7 Å². The van der Waals surface area contributed by atoms with E-state index in [1.807, 2.05) is 0 Å². The molecule has 0 amide bonds. The molecule has 23 heavy (non-hydrogen) atoms. The van der Waals surface area contributed by atoms with Crippen LogP contribution in [0.15, 0.2) is 0 Å². The second-order valence-electron chi connectivity index (χ2n) is 5.30. The van der Waals surface area contributed by atoms with Gasteiger partial charge in [0, 0.05) is 0 Å². The summed E-state index contributed by atoms with van der Waals surface area (Å²) in [6.07, 6.45) is 4.33. The predicted molar refractivity (Wildman–Crippen MR) is 79.3 cm³/mol. The first-order chi connectivity index (χ1) is 10.9.